The number of rotatable bonds is 2. The van der Waals surface area contributed by atoms with Crippen LogP contribution in [-0.4, -0.2) is 15.6 Å². The van der Waals surface area contributed by atoms with E-state index in [0.29, 0.717) is 5.56 Å². The number of hydrogen-bond donors (Lipinski definition) is 1. The maximum Gasteiger partial charge on any atom is 0.346 e. The first kappa shape index (κ1) is 9.07. The molecule has 0 radical (unpaired) electrons. The van der Waals surface area contributed by atoms with Crippen LogP contribution in [0.4, 0.5) is 0 Å². The van der Waals surface area contributed by atoms with Gasteiger partial charge in [0.25, 0.3) is 0 Å². The lowest BCUT2D eigenvalue weighted by atomic mass is 10.2. The van der Waals surface area contributed by atoms with Crippen molar-refractivity contribution in [2.45, 2.75) is 0 Å². The van der Waals surface area contributed by atoms with Crippen LogP contribution in [0.5, 0.6) is 0 Å². The first-order valence-corrected chi connectivity index (χ1v) is 3.60. The van der Waals surface area contributed by atoms with Crippen molar-refractivity contribution >= 4 is 12.0 Å². The summed E-state index contributed by atoms with van der Waals surface area (Å²) in [5.74, 6) is -1.20. The molecule has 0 bridgehead atoms. The maximum atomic E-state index is 10.4. The molecule has 0 saturated heterocycles. The average molecular weight is 176 g/mol. The number of nitrogens with zero attached hydrogens (tertiary/aromatic N) is 2. The zero-order valence-electron chi connectivity index (χ0n) is 7.06. The molecule has 0 aliphatic heterocycles. The molecule has 0 aromatic carbocycles. The summed E-state index contributed by atoms with van der Waals surface area (Å²) >= 11 is 0. The Bertz CT molecular complexity index is 396. The third-order valence-electron chi connectivity index (χ3n) is 1.52. The second-order valence-corrected chi connectivity index (χ2v) is 2.59. The van der Waals surface area contributed by atoms with Gasteiger partial charge in [-0.15, -0.1) is 0 Å². The van der Waals surface area contributed by atoms with Crippen LogP contribution in [0.15, 0.2) is 24.0 Å². The average Bonchev–Trinajstić information content (AvgIpc) is 2.46. The minimum Gasteiger partial charge on any atom is -0.477 e. The smallest absolute Gasteiger partial charge is 0.346 e. The van der Waals surface area contributed by atoms with Crippen LogP contribution in [-0.2, 0) is 11.8 Å². The van der Waals surface area contributed by atoms with Crippen molar-refractivity contribution in [3.63, 3.8) is 0 Å². The van der Waals surface area contributed by atoms with Gasteiger partial charge in [0.15, 0.2) is 0 Å². The molecule has 0 unspecified atom stereocenters. The normalized spacial score (nSPS) is 10.9. The third kappa shape index (κ3) is 2.20. The van der Waals surface area contributed by atoms with Gasteiger partial charge in [0, 0.05) is 19.4 Å². The summed E-state index contributed by atoms with van der Waals surface area (Å²) in [6.07, 6.45) is 4.85. The second-order valence-electron chi connectivity index (χ2n) is 2.59. The Kier molecular flexibility index (Phi) is 2.50. The van der Waals surface area contributed by atoms with Gasteiger partial charge < -0.3 is 9.67 Å². The fourth-order valence-corrected chi connectivity index (χ4v) is 0.919. The number of aromatic nitrogens is 1. The van der Waals surface area contributed by atoms with E-state index >= 15 is 0 Å². The van der Waals surface area contributed by atoms with Gasteiger partial charge in [-0.05, 0) is 17.7 Å². The van der Waals surface area contributed by atoms with E-state index in [2.05, 4.69) is 0 Å². The highest BCUT2D eigenvalue weighted by molar-refractivity contribution is 5.96. The highest BCUT2D eigenvalue weighted by Crippen LogP contribution is 2.06. The van der Waals surface area contributed by atoms with Gasteiger partial charge in [-0.25, -0.2) is 4.79 Å². The van der Waals surface area contributed by atoms with Gasteiger partial charge in [0.05, 0.1) is 0 Å². The summed E-state index contributed by atoms with van der Waals surface area (Å²) < 4.78 is 1.78. The number of nitriles is 1. The summed E-state index contributed by atoms with van der Waals surface area (Å²) in [6, 6.07) is 3.35. The van der Waals surface area contributed by atoms with Gasteiger partial charge in [-0.1, -0.05) is 0 Å². The van der Waals surface area contributed by atoms with E-state index in [9.17, 15) is 4.79 Å². The number of aryl methyl sites for hydroxylation is 1. The molecule has 1 heterocycles. The van der Waals surface area contributed by atoms with Crippen LogP contribution >= 0.6 is 0 Å². The predicted molar refractivity (Wildman–Crippen MR) is 46.6 cm³/mol. The lowest BCUT2D eigenvalue weighted by molar-refractivity contribution is -0.132. The van der Waals surface area contributed by atoms with Gasteiger partial charge in [-0.2, -0.15) is 5.26 Å². The molecule has 4 nitrogen and oxygen atoms in total. The number of carboxylic acids is 1. The lowest BCUT2D eigenvalue weighted by Crippen LogP contribution is -1.96. The second kappa shape index (κ2) is 3.59. The number of hydrogen-bond acceptors (Lipinski definition) is 2. The SMILES string of the molecule is Cn1ccc(C=C(C#N)C(=O)O)c1. The minimum absolute atomic E-state index is 0.258. The fraction of sp³-hybridized carbons (Fsp3) is 0.111. The van der Waals surface area contributed by atoms with E-state index < -0.39 is 5.97 Å². The predicted octanol–water partition coefficient (Wildman–Crippen LogP) is 1.02. The van der Waals surface area contributed by atoms with Gasteiger partial charge in [0.1, 0.15) is 11.6 Å². The summed E-state index contributed by atoms with van der Waals surface area (Å²) in [5.41, 5.74) is 0.452. The molecule has 1 N–H and O–H groups in total. The molecule has 4 heteroatoms. The molecule has 0 atom stereocenters. The molecular formula is C9H8N2O2. The monoisotopic (exact) mass is 176 g/mol. The summed E-state index contributed by atoms with van der Waals surface area (Å²) in [6.45, 7) is 0. The van der Waals surface area contributed by atoms with Crippen LogP contribution in [0.3, 0.4) is 0 Å². The summed E-state index contributed by atoms with van der Waals surface area (Å²) in [4.78, 5) is 10.4. The van der Waals surface area contributed by atoms with E-state index in [4.69, 9.17) is 10.4 Å². The van der Waals surface area contributed by atoms with Crippen LogP contribution in [0.2, 0.25) is 0 Å². The topological polar surface area (TPSA) is 66.0 Å². The van der Waals surface area contributed by atoms with Crippen molar-refractivity contribution in [1.29, 1.82) is 5.26 Å². The molecular weight excluding hydrogens is 168 g/mol. The van der Waals surface area contributed by atoms with Gasteiger partial charge in [0.2, 0.25) is 0 Å². The molecule has 0 aliphatic carbocycles. The third-order valence-corrected chi connectivity index (χ3v) is 1.52. The molecule has 13 heavy (non-hydrogen) atoms. The van der Waals surface area contributed by atoms with E-state index in [1.807, 2.05) is 7.05 Å². The molecule has 1 rings (SSSR count). The standard InChI is InChI=1S/C9H8N2O2/c1-11-3-2-7(6-11)4-8(5-10)9(12)13/h2-4,6H,1H3,(H,12,13). The number of aliphatic carboxylic acids is 1. The van der Waals surface area contributed by atoms with E-state index in [1.54, 1.807) is 29.1 Å². The van der Waals surface area contributed by atoms with Crippen molar-refractivity contribution in [3.05, 3.63) is 29.6 Å². The van der Waals surface area contributed by atoms with Crippen molar-refractivity contribution in [2.75, 3.05) is 0 Å². The Morgan fingerprint density at radius 3 is 2.85 bits per heavy atom. The largest absolute Gasteiger partial charge is 0.477 e. The molecule has 0 saturated carbocycles. The van der Waals surface area contributed by atoms with Crippen molar-refractivity contribution in [1.82, 2.24) is 4.57 Å². The fourth-order valence-electron chi connectivity index (χ4n) is 0.919. The summed E-state index contributed by atoms with van der Waals surface area (Å²) in [5, 5.41) is 17.0. The van der Waals surface area contributed by atoms with E-state index in [1.165, 1.54) is 6.08 Å². The van der Waals surface area contributed by atoms with Crippen LogP contribution in [0.25, 0.3) is 6.08 Å². The minimum atomic E-state index is -1.20. The Morgan fingerprint density at radius 1 is 1.77 bits per heavy atom. The molecule has 0 fully saturated rings. The molecule has 0 amide bonds. The van der Waals surface area contributed by atoms with E-state index in [-0.39, 0.29) is 5.57 Å². The quantitative estimate of drug-likeness (QED) is 0.540. The first-order valence-electron chi connectivity index (χ1n) is 3.60. The van der Waals surface area contributed by atoms with Gasteiger partial charge >= 0.3 is 5.97 Å². The van der Waals surface area contributed by atoms with Crippen molar-refractivity contribution in [2.24, 2.45) is 7.05 Å². The Balaban J connectivity index is 3.00. The lowest BCUT2D eigenvalue weighted by Gasteiger charge is -1.88. The molecule has 1 aromatic heterocycles. The Hall–Kier alpha value is -2.02. The summed E-state index contributed by atoms with van der Waals surface area (Å²) in [7, 11) is 1.82. The Morgan fingerprint density at radius 2 is 2.46 bits per heavy atom. The molecule has 66 valence electrons. The van der Waals surface area contributed by atoms with Crippen molar-refractivity contribution < 1.29 is 9.90 Å². The van der Waals surface area contributed by atoms with E-state index in [0.717, 1.165) is 0 Å². The van der Waals surface area contributed by atoms with Crippen LogP contribution < -0.4 is 0 Å². The molecule has 0 aliphatic rings. The zero-order valence-corrected chi connectivity index (χ0v) is 7.06. The van der Waals surface area contributed by atoms with Gasteiger partial charge in [-0.3, -0.25) is 0 Å². The first-order chi connectivity index (χ1) is 6.13. The molecule has 0 spiro atoms. The highest BCUT2D eigenvalue weighted by atomic mass is 16.4. The number of carbonyl (C=O) groups is 1. The zero-order chi connectivity index (χ0) is 9.84. The number of carboxylic acid groups (broad SMARTS) is 1. The highest BCUT2D eigenvalue weighted by Gasteiger charge is 2.05. The maximum absolute atomic E-state index is 10.4. The molecule has 1 aromatic rings. The Labute approximate surface area is 75.3 Å². The van der Waals surface area contributed by atoms with Crippen molar-refractivity contribution in [3.8, 4) is 6.07 Å². The van der Waals surface area contributed by atoms with Crippen LogP contribution in [0, 0.1) is 11.3 Å². The van der Waals surface area contributed by atoms with Crippen LogP contribution in [0.1, 0.15) is 5.56 Å².